The average molecular weight is 356 g/mol. The van der Waals surface area contributed by atoms with Gasteiger partial charge in [-0.15, -0.1) is 0 Å². The van der Waals surface area contributed by atoms with Crippen molar-refractivity contribution in [3.8, 4) is 0 Å². The molecule has 13 nitrogen and oxygen atoms in total. The van der Waals surface area contributed by atoms with Gasteiger partial charge in [0.2, 0.25) is 5.95 Å². The van der Waals surface area contributed by atoms with Crippen LogP contribution in [0.1, 0.15) is 6.42 Å². The smallest absolute Gasteiger partial charge is 0.354 e. The Labute approximate surface area is 133 Å². The predicted molar refractivity (Wildman–Crippen MR) is 80.8 cm³/mol. The van der Waals surface area contributed by atoms with E-state index in [1.807, 2.05) is 0 Å². The molecule has 0 unspecified atom stereocenters. The number of nitrogens with one attached hydrogen (secondary N) is 1. The zero-order valence-corrected chi connectivity index (χ0v) is 12.9. The minimum Gasteiger partial charge on any atom is -0.369 e. The van der Waals surface area contributed by atoms with Gasteiger partial charge in [0.05, 0.1) is 25.0 Å². The number of hydrogen-bond acceptors (Lipinski definition) is 7. The monoisotopic (exact) mass is 356 g/mol. The van der Waals surface area contributed by atoms with E-state index in [0.29, 0.717) is 0 Å². The molecular formula is C10H13N8O5P. The van der Waals surface area contributed by atoms with Crippen molar-refractivity contribution in [2.75, 3.05) is 5.73 Å². The third-order valence-corrected chi connectivity index (χ3v) is 4.73. The van der Waals surface area contributed by atoms with Crippen molar-refractivity contribution >= 4 is 24.7 Å². The van der Waals surface area contributed by atoms with Crippen molar-refractivity contribution < 1.29 is 19.1 Å². The molecule has 128 valence electrons. The highest BCUT2D eigenvalue weighted by atomic mass is 31.2. The summed E-state index contributed by atoms with van der Waals surface area (Å²) in [7, 11) is -4.49. The van der Waals surface area contributed by atoms with E-state index in [0.717, 1.165) is 0 Å². The molecule has 3 heterocycles. The molecule has 1 aliphatic rings. The number of aromatic amines is 1. The van der Waals surface area contributed by atoms with Crippen molar-refractivity contribution in [1.82, 2.24) is 19.5 Å². The Kier molecular flexibility index (Phi) is 4.03. The molecule has 1 fully saturated rings. The van der Waals surface area contributed by atoms with E-state index in [2.05, 4.69) is 25.0 Å². The second-order valence-corrected chi connectivity index (χ2v) is 7.00. The van der Waals surface area contributed by atoms with Gasteiger partial charge in [-0.05, 0) is 12.0 Å². The summed E-state index contributed by atoms with van der Waals surface area (Å²) in [6.07, 6.45) is 0.411. The highest BCUT2D eigenvalue weighted by molar-refractivity contribution is 7.52. The van der Waals surface area contributed by atoms with Crippen LogP contribution in [0.5, 0.6) is 0 Å². The third-order valence-electron chi connectivity index (χ3n) is 3.65. The summed E-state index contributed by atoms with van der Waals surface area (Å²) in [5.74, 6) is -1.45. The maximum atomic E-state index is 11.7. The molecule has 0 radical (unpaired) electrons. The van der Waals surface area contributed by atoms with Crippen molar-refractivity contribution in [2.24, 2.45) is 5.11 Å². The summed E-state index contributed by atoms with van der Waals surface area (Å²) in [6.45, 7) is 0.0343. The SMILES string of the molecule is [N-]=[N+]=N[C@@H]1C[C@H](P(=O)(O)O)O[C@@H]1Cn1cnc2c(=O)[nH]c(N)nc21. The topological polar surface area (TPSA) is 205 Å². The molecule has 0 aromatic carbocycles. The van der Waals surface area contributed by atoms with E-state index < -0.39 is 31.1 Å². The molecule has 0 bridgehead atoms. The quantitative estimate of drug-likeness (QED) is 0.246. The lowest BCUT2D eigenvalue weighted by Gasteiger charge is -2.16. The molecule has 3 rings (SSSR count). The number of rotatable bonds is 4. The lowest BCUT2D eigenvalue weighted by molar-refractivity contribution is 0.0576. The van der Waals surface area contributed by atoms with Gasteiger partial charge < -0.3 is 24.8 Å². The van der Waals surface area contributed by atoms with Crippen LogP contribution in [0.3, 0.4) is 0 Å². The first kappa shape index (κ1) is 16.4. The normalized spacial score (nSPS) is 24.2. The van der Waals surface area contributed by atoms with Crippen molar-refractivity contribution in [1.29, 1.82) is 0 Å². The Morgan fingerprint density at radius 1 is 1.62 bits per heavy atom. The Morgan fingerprint density at radius 2 is 2.38 bits per heavy atom. The fourth-order valence-electron chi connectivity index (χ4n) is 2.57. The lowest BCUT2D eigenvalue weighted by Crippen LogP contribution is -2.25. The highest BCUT2D eigenvalue weighted by Gasteiger charge is 2.43. The number of nitrogens with two attached hydrogens (primary N) is 1. The first-order valence-electron chi connectivity index (χ1n) is 6.75. The first-order chi connectivity index (χ1) is 11.3. The van der Waals surface area contributed by atoms with E-state index >= 15 is 0 Å². The standard InChI is InChI=1S/C10H13N8O5P/c11-10-14-8-7(9(19)15-10)13-3-18(8)2-5-4(16-17-12)1-6(23-5)24(20,21)22/h3-6H,1-2H2,(H2,20,21,22)(H3,11,14,15,19)/t4-,5-,6+/m1/s1. The number of hydrogen-bond donors (Lipinski definition) is 4. The van der Waals surface area contributed by atoms with Crippen LogP contribution in [0.15, 0.2) is 16.2 Å². The summed E-state index contributed by atoms with van der Waals surface area (Å²) < 4.78 is 18.2. The van der Waals surface area contributed by atoms with E-state index in [9.17, 15) is 19.1 Å². The summed E-state index contributed by atoms with van der Waals surface area (Å²) in [4.78, 5) is 43.2. The molecule has 3 atom stereocenters. The number of nitrogens with zero attached hydrogens (tertiary/aromatic N) is 6. The Bertz CT molecular complexity index is 927. The van der Waals surface area contributed by atoms with Crippen molar-refractivity contribution in [3.63, 3.8) is 0 Å². The van der Waals surface area contributed by atoms with Crippen LogP contribution in [-0.2, 0) is 15.8 Å². The van der Waals surface area contributed by atoms with Crippen molar-refractivity contribution in [3.05, 3.63) is 27.1 Å². The van der Waals surface area contributed by atoms with Crippen LogP contribution in [-0.4, -0.2) is 47.3 Å². The summed E-state index contributed by atoms with van der Waals surface area (Å²) >= 11 is 0. The molecular weight excluding hydrogens is 343 g/mol. The number of H-pyrrole nitrogens is 1. The second kappa shape index (κ2) is 5.89. The zero-order valence-electron chi connectivity index (χ0n) is 12.1. The van der Waals surface area contributed by atoms with E-state index in [4.69, 9.17) is 16.0 Å². The maximum absolute atomic E-state index is 11.7. The van der Waals surface area contributed by atoms with Gasteiger partial charge in [0, 0.05) is 4.91 Å². The number of nitrogen functional groups attached to an aromatic ring is 1. The van der Waals surface area contributed by atoms with Gasteiger partial charge in [-0.2, -0.15) is 4.98 Å². The molecule has 0 saturated carbocycles. The molecule has 1 saturated heterocycles. The maximum Gasteiger partial charge on any atom is 0.354 e. The van der Waals surface area contributed by atoms with Crippen LogP contribution in [0.2, 0.25) is 0 Å². The average Bonchev–Trinajstić information content (AvgIpc) is 3.05. The van der Waals surface area contributed by atoms with Gasteiger partial charge in [0.15, 0.2) is 17.0 Å². The Balaban J connectivity index is 1.93. The zero-order chi connectivity index (χ0) is 17.5. The van der Waals surface area contributed by atoms with E-state index in [1.54, 1.807) is 0 Å². The third kappa shape index (κ3) is 2.98. The van der Waals surface area contributed by atoms with Crippen LogP contribution in [0.4, 0.5) is 5.95 Å². The summed E-state index contributed by atoms with van der Waals surface area (Å²) in [5, 5.41) is 3.53. The number of ether oxygens (including phenoxy) is 1. The van der Waals surface area contributed by atoms with Gasteiger partial charge in [-0.3, -0.25) is 14.3 Å². The number of fused-ring (bicyclic) bond motifs is 1. The number of anilines is 1. The van der Waals surface area contributed by atoms with Gasteiger partial charge in [0.1, 0.15) is 0 Å². The molecule has 2 aromatic heterocycles. The molecule has 0 amide bonds. The van der Waals surface area contributed by atoms with Gasteiger partial charge in [-0.25, -0.2) is 4.98 Å². The van der Waals surface area contributed by atoms with Gasteiger partial charge >= 0.3 is 7.60 Å². The molecule has 5 N–H and O–H groups in total. The van der Waals surface area contributed by atoms with E-state index in [-0.39, 0.29) is 30.1 Å². The Hall–Kier alpha value is -2.43. The fraction of sp³-hybridized carbons (Fsp3) is 0.500. The highest BCUT2D eigenvalue weighted by Crippen LogP contribution is 2.48. The second-order valence-electron chi connectivity index (χ2n) is 5.25. The fourth-order valence-corrected chi connectivity index (χ4v) is 3.38. The molecule has 2 aromatic rings. The molecule has 24 heavy (non-hydrogen) atoms. The summed E-state index contributed by atoms with van der Waals surface area (Å²) in [6, 6.07) is -0.774. The number of azide groups is 1. The van der Waals surface area contributed by atoms with E-state index in [1.165, 1.54) is 10.9 Å². The number of imidazole rings is 1. The molecule has 14 heteroatoms. The lowest BCUT2D eigenvalue weighted by atomic mass is 10.1. The minimum absolute atomic E-state index is 0.0343. The van der Waals surface area contributed by atoms with Gasteiger partial charge in [0.25, 0.3) is 5.56 Å². The van der Waals surface area contributed by atoms with Crippen LogP contribution in [0.25, 0.3) is 21.6 Å². The largest absolute Gasteiger partial charge is 0.369 e. The van der Waals surface area contributed by atoms with Crippen LogP contribution < -0.4 is 11.3 Å². The Morgan fingerprint density at radius 3 is 3.04 bits per heavy atom. The van der Waals surface area contributed by atoms with Gasteiger partial charge in [-0.1, -0.05) is 5.11 Å². The predicted octanol–water partition coefficient (Wildman–Crippen LogP) is -0.327. The summed E-state index contributed by atoms with van der Waals surface area (Å²) in [5.41, 5.74) is 13.9. The van der Waals surface area contributed by atoms with Crippen LogP contribution >= 0.6 is 7.60 Å². The minimum atomic E-state index is -4.49. The van der Waals surface area contributed by atoms with Crippen LogP contribution in [0, 0.1) is 0 Å². The molecule has 0 aliphatic carbocycles. The molecule has 0 spiro atoms. The van der Waals surface area contributed by atoms with Crippen molar-refractivity contribution in [2.45, 2.75) is 31.0 Å². The first-order valence-corrected chi connectivity index (χ1v) is 8.43. The molecule has 1 aliphatic heterocycles. The number of aromatic nitrogens is 4.